The van der Waals surface area contributed by atoms with Gasteiger partial charge in [0.2, 0.25) is 0 Å². The van der Waals surface area contributed by atoms with Crippen LogP contribution < -0.4 is 5.73 Å². The van der Waals surface area contributed by atoms with Crippen LogP contribution >= 0.6 is 0 Å². The van der Waals surface area contributed by atoms with Crippen LogP contribution in [0.2, 0.25) is 0 Å². The molecule has 0 aliphatic rings. The van der Waals surface area contributed by atoms with Gasteiger partial charge in [-0.25, -0.2) is 18.3 Å². The summed E-state index contributed by atoms with van der Waals surface area (Å²) in [6.07, 6.45) is 0. The van der Waals surface area contributed by atoms with Crippen LogP contribution in [0.25, 0.3) is 0 Å². The summed E-state index contributed by atoms with van der Waals surface area (Å²) in [7, 11) is 0. The normalized spacial score (nSPS) is 10.7. The molecule has 2 rings (SSSR count). The first-order chi connectivity index (χ1) is 8.88. The molecule has 7 heteroatoms. The number of rotatable bonds is 3. The Bertz CT molecular complexity index is 632. The van der Waals surface area contributed by atoms with Crippen LogP contribution in [0.5, 0.6) is 0 Å². The summed E-state index contributed by atoms with van der Waals surface area (Å²) in [4.78, 5) is 10.9. The molecule has 0 unspecified atom stereocenters. The van der Waals surface area contributed by atoms with Gasteiger partial charge >= 0.3 is 5.97 Å². The highest BCUT2D eigenvalue weighted by Gasteiger charge is 2.17. The highest BCUT2D eigenvalue weighted by molar-refractivity contribution is 5.88. The number of aromatic nitrogens is 2. The van der Waals surface area contributed by atoms with Gasteiger partial charge in [0.25, 0.3) is 0 Å². The zero-order chi connectivity index (χ0) is 14.2. The fourth-order valence-corrected chi connectivity index (χ4v) is 1.76. The van der Waals surface area contributed by atoms with Crippen LogP contribution in [-0.4, -0.2) is 20.9 Å². The van der Waals surface area contributed by atoms with E-state index >= 15 is 0 Å². The zero-order valence-corrected chi connectivity index (χ0v) is 10.0. The molecule has 0 atom stereocenters. The average Bonchev–Trinajstić information content (AvgIpc) is 2.56. The van der Waals surface area contributed by atoms with Gasteiger partial charge in [-0.05, 0) is 24.6 Å². The fourth-order valence-electron chi connectivity index (χ4n) is 1.76. The van der Waals surface area contributed by atoms with E-state index in [-0.39, 0.29) is 18.1 Å². The van der Waals surface area contributed by atoms with Crippen LogP contribution in [0.15, 0.2) is 18.2 Å². The highest BCUT2D eigenvalue weighted by atomic mass is 19.1. The van der Waals surface area contributed by atoms with E-state index in [2.05, 4.69) is 5.10 Å². The molecule has 0 aliphatic carbocycles. The van der Waals surface area contributed by atoms with Gasteiger partial charge in [0.05, 0.1) is 6.54 Å². The SMILES string of the molecule is Cc1c(C(=O)O)nn(Cc2cc(F)cc(F)c2)c1N. The molecule has 1 heterocycles. The molecule has 0 bridgehead atoms. The molecular weight excluding hydrogens is 256 g/mol. The maximum atomic E-state index is 13.0. The minimum absolute atomic E-state index is 0.00532. The quantitative estimate of drug-likeness (QED) is 0.888. The Balaban J connectivity index is 2.38. The second-order valence-electron chi connectivity index (χ2n) is 4.10. The predicted octanol–water partition coefficient (Wildman–Crippen LogP) is 1.80. The van der Waals surface area contributed by atoms with Gasteiger partial charge in [0.15, 0.2) is 5.69 Å². The Morgan fingerprint density at radius 2 is 1.95 bits per heavy atom. The molecule has 5 nitrogen and oxygen atoms in total. The van der Waals surface area contributed by atoms with Gasteiger partial charge in [-0.3, -0.25) is 0 Å². The summed E-state index contributed by atoms with van der Waals surface area (Å²) in [5.74, 6) is -2.47. The molecule has 0 aliphatic heterocycles. The van der Waals surface area contributed by atoms with Crippen LogP contribution in [0.3, 0.4) is 0 Å². The van der Waals surface area contributed by atoms with Crippen LogP contribution in [0.1, 0.15) is 21.6 Å². The fraction of sp³-hybridized carbons (Fsp3) is 0.167. The standard InChI is InChI=1S/C12H11F2N3O2/c1-6-10(12(18)19)16-17(11(6)15)5-7-2-8(13)4-9(14)3-7/h2-4H,5,15H2,1H3,(H,18,19). The van der Waals surface area contributed by atoms with E-state index in [1.54, 1.807) is 0 Å². The number of nitrogens with two attached hydrogens (primary N) is 1. The minimum Gasteiger partial charge on any atom is -0.476 e. The van der Waals surface area contributed by atoms with Crippen molar-refractivity contribution in [1.82, 2.24) is 9.78 Å². The number of nitrogens with zero attached hydrogens (tertiary/aromatic N) is 2. The van der Waals surface area contributed by atoms with Crippen molar-refractivity contribution < 1.29 is 18.7 Å². The smallest absolute Gasteiger partial charge is 0.356 e. The lowest BCUT2D eigenvalue weighted by Crippen LogP contribution is -2.07. The van der Waals surface area contributed by atoms with E-state index in [1.165, 1.54) is 11.6 Å². The number of anilines is 1. The molecule has 0 fully saturated rings. The van der Waals surface area contributed by atoms with Crippen molar-refractivity contribution in [3.05, 3.63) is 46.7 Å². The van der Waals surface area contributed by atoms with Crippen molar-refractivity contribution in [1.29, 1.82) is 0 Å². The first kappa shape index (κ1) is 13.0. The van der Waals surface area contributed by atoms with Crippen LogP contribution in [0.4, 0.5) is 14.6 Å². The third-order valence-corrected chi connectivity index (χ3v) is 2.70. The van der Waals surface area contributed by atoms with Gasteiger partial charge in [-0.2, -0.15) is 5.10 Å². The van der Waals surface area contributed by atoms with E-state index in [0.717, 1.165) is 18.2 Å². The number of aromatic carboxylic acids is 1. The van der Waals surface area contributed by atoms with Gasteiger partial charge in [-0.15, -0.1) is 0 Å². The number of benzene rings is 1. The molecular formula is C12H11F2N3O2. The number of carbonyl (C=O) groups is 1. The molecule has 1 aromatic carbocycles. The van der Waals surface area contributed by atoms with Crippen molar-refractivity contribution in [2.75, 3.05) is 5.73 Å². The number of halogens is 2. The summed E-state index contributed by atoms with van der Waals surface area (Å²) in [6.45, 7) is 1.52. The summed E-state index contributed by atoms with van der Waals surface area (Å²) in [6, 6.07) is 3.03. The Labute approximate surface area is 107 Å². The summed E-state index contributed by atoms with van der Waals surface area (Å²) < 4.78 is 27.3. The molecule has 19 heavy (non-hydrogen) atoms. The number of carboxylic acid groups (broad SMARTS) is 1. The lowest BCUT2D eigenvalue weighted by Gasteiger charge is -2.05. The largest absolute Gasteiger partial charge is 0.476 e. The minimum atomic E-state index is -1.20. The summed E-state index contributed by atoms with van der Waals surface area (Å²) in [5.41, 5.74) is 6.18. The lowest BCUT2D eigenvalue weighted by molar-refractivity contribution is 0.0688. The van der Waals surface area contributed by atoms with E-state index in [1.807, 2.05) is 0 Å². The monoisotopic (exact) mass is 267 g/mol. The Morgan fingerprint density at radius 1 is 1.37 bits per heavy atom. The lowest BCUT2D eigenvalue weighted by atomic mass is 10.2. The van der Waals surface area contributed by atoms with Gasteiger partial charge in [0.1, 0.15) is 17.5 Å². The molecule has 0 spiro atoms. The van der Waals surface area contributed by atoms with Gasteiger partial charge < -0.3 is 10.8 Å². The van der Waals surface area contributed by atoms with Crippen LogP contribution in [0, 0.1) is 18.6 Å². The van der Waals surface area contributed by atoms with E-state index in [0.29, 0.717) is 11.1 Å². The number of nitrogen functional groups attached to an aromatic ring is 1. The second kappa shape index (κ2) is 4.68. The maximum Gasteiger partial charge on any atom is 0.356 e. The second-order valence-corrected chi connectivity index (χ2v) is 4.10. The predicted molar refractivity (Wildman–Crippen MR) is 63.8 cm³/mol. The molecule has 0 saturated heterocycles. The average molecular weight is 267 g/mol. The molecule has 2 aromatic rings. The Morgan fingerprint density at radius 3 is 2.42 bits per heavy atom. The molecule has 0 amide bonds. The maximum absolute atomic E-state index is 13.0. The van der Waals surface area contributed by atoms with Gasteiger partial charge in [0, 0.05) is 11.6 Å². The van der Waals surface area contributed by atoms with Crippen molar-refractivity contribution in [2.45, 2.75) is 13.5 Å². The Hall–Kier alpha value is -2.44. The summed E-state index contributed by atoms with van der Waals surface area (Å²) >= 11 is 0. The molecule has 100 valence electrons. The summed E-state index contributed by atoms with van der Waals surface area (Å²) in [5, 5.41) is 12.7. The Kier molecular flexibility index (Phi) is 3.20. The van der Waals surface area contributed by atoms with E-state index in [9.17, 15) is 13.6 Å². The first-order valence-corrected chi connectivity index (χ1v) is 5.39. The van der Waals surface area contributed by atoms with E-state index < -0.39 is 17.6 Å². The molecule has 0 radical (unpaired) electrons. The third-order valence-electron chi connectivity index (χ3n) is 2.70. The van der Waals surface area contributed by atoms with Crippen molar-refractivity contribution >= 4 is 11.8 Å². The number of hydrogen-bond donors (Lipinski definition) is 2. The van der Waals surface area contributed by atoms with Gasteiger partial charge in [-0.1, -0.05) is 0 Å². The number of hydrogen-bond acceptors (Lipinski definition) is 3. The number of carboxylic acids is 1. The third kappa shape index (κ3) is 2.54. The van der Waals surface area contributed by atoms with Crippen molar-refractivity contribution in [3.63, 3.8) is 0 Å². The van der Waals surface area contributed by atoms with Crippen molar-refractivity contribution in [3.8, 4) is 0 Å². The van der Waals surface area contributed by atoms with Crippen LogP contribution in [-0.2, 0) is 6.54 Å². The molecule has 3 N–H and O–H groups in total. The zero-order valence-electron chi connectivity index (χ0n) is 10.0. The molecule has 0 saturated carbocycles. The topological polar surface area (TPSA) is 81.1 Å². The van der Waals surface area contributed by atoms with Crippen molar-refractivity contribution in [2.24, 2.45) is 0 Å². The van der Waals surface area contributed by atoms with E-state index in [4.69, 9.17) is 10.8 Å². The molecule has 1 aromatic heterocycles. The first-order valence-electron chi connectivity index (χ1n) is 5.39. The highest BCUT2D eigenvalue weighted by Crippen LogP contribution is 2.18.